The van der Waals surface area contributed by atoms with E-state index in [-0.39, 0.29) is 11.5 Å². The SMILES string of the molecule is Cc1ccc(O)c(-c2cc(C)ccc2O)c1. The second-order valence-electron chi connectivity index (χ2n) is 4.04. The predicted molar refractivity (Wildman–Crippen MR) is 64.7 cm³/mol. The van der Waals surface area contributed by atoms with E-state index in [1.54, 1.807) is 12.1 Å². The highest BCUT2D eigenvalue weighted by atomic mass is 16.3. The van der Waals surface area contributed by atoms with E-state index in [0.717, 1.165) is 11.1 Å². The van der Waals surface area contributed by atoms with Crippen LogP contribution in [-0.2, 0) is 0 Å². The molecule has 2 N–H and O–H groups in total. The summed E-state index contributed by atoms with van der Waals surface area (Å²) in [6.07, 6.45) is 0. The third-order valence-corrected chi connectivity index (χ3v) is 2.59. The van der Waals surface area contributed by atoms with Crippen molar-refractivity contribution in [1.29, 1.82) is 0 Å². The van der Waals surface area contributed by atoms with Crippen LogP contribution in [0.25, 0.3) is 11.1 Å². The first-order valence-corrected chi connectivity index (χ1v) is 5.17. The topological polar surface area (TPSA) is 40.5 Å². The number of hydrogen-bond acceptors (Lipinski definition) is 2. The quantitative estimate of drug-likeness (QED) is 0.764. The van der Waals surface area contributed by atoms with Crippen molar-refractivity contribution < 1.29 is 10.2 Å². The van der Waals surface area contributed by atoms with Gasteiger partial charge in [-0.3, -0.25) is 0 Å². The molecule has 0 amide bonds. The van der Waals surface area contributed by atoms with Crippen molar-refractivity contribution in [2.24, 2.45) is 0 Å². The van der Waals surface area contributed by atoms with Crippen molar-refractivity contribution in [3.8, 4) is 22.6 Å². The Morgan fingerprint density at radius 1 is 0.688 bits per heavy atom. The predicted octanol–water partition coefficient (Wildman–Crippen LogP) is 3.38. The first-order chi connectivity index (χ1) is 7.58. The summed E-state index contributed by atoms with van der Waals surface area (Å²) in [6, 6.07) is 10.7. The van der Waals surface area contributed by atoms with Gasteiger partial charge in [-0.2, -0.15) is 0 Å². The van der Waals surface area contributed by atoms with E-state index >= 15 is 0 Å². The molecule has 0 aliphatic rings. The molecule has 82 valence electrons. The van der Waals surface area contributed by atoms with Gasteiger partial charge in [0, 0.05) is 11.1 Å². The molecule has 0 aliphatic carbocycles. The van der Waals surface area contributed by atoms with E-state index in [4.69, 9.17) is 0 Å². The van der Waals surface area contributed by atoms with Crippen LogP contribution in [0, 0.1) is 13.8 Å². The Morgan fingerprint density at radius 3 is 1.44 bits per heavy atom. The number of phenolic OH excluding ortho intramolecular Hbond substituents is 2. The van der Waals surface area contributed by atoms with Crippen LogP contribution in [0.15, 0.2) is 36.4 Å². The lowest BCUT2D eigenvalue weighted by Crippen LogP contribution is -1.83. The van der Waals surface area contributed by atoms with Crippen LogP contribution in [0.3, 0.4) is 0 Å². The number of rotatable bonds is 1. The fourth-order valence-corrected chi connectivity index (χ4v) is 1.73. The minimum absolute atomic E-state index is 0.187. The highest BCUT2D eigenvalue weighted by Gasteiger charge is 2.09. The van der Waals surface area contributed by atoms with Crippen molar-refractivity contribution in [3.05, 3.63) is 47.5 Å². The Balaban J connectivity index is 2.66. The van der Waals surface area contributed by atoms with Gasteiger partial charge in [-0.05, 0) is 38.1 Å². The monoisotopic (exact) mass is 214 g/mol. The Bertz CT molecular complexity index is 481. The van der Waals surface area contributed by atoms with E-state index in [2.05, 4.69) is 0 Å². The second-order valence-corrected chi connectivity index (χ2v) is 4.04. The van der Waals surface area contributed by atoms with Gasteiger partial charge in [-0.15, -0.1) is 0 Å². The molecule has 0 bridgehead atoms. The van der Waals surface area contributed by atoms with E-state index in [0.29, 0.717) is 11.1 Å². The molecule has 0 saturated carbocycles. The Labute approximate surface area is 94.8 Å². The summed E-state index contributed by atoms with van der Waals surface area (Å²) in [6.45, 7) is 3.91. The Hall–Kier alpha value is -1.96. The Kier molecular flexibility index (Phi) is 2.57. The van der Waals surface area contributed by atoms with Crippen LogP contribution in [0.2, 0.25) is 0 Å². The van der Waals surface area contributed by atoms with E-state index in [9.17, 15) is 10.2 Å². The van der Waals surface area contributed by atoms with Crippen molar-refractivity contribution >= 4 is 0 Å². The maximum atomic E-state index is 9.79. The Morgan fingerprint density at radius 2 is 1.06 bits per heavy atom. The van der Waals surface area contributed by atoms with Gasteiger partial charge in [0.25, 0.3) is 0 Å². The van der Waals surface area contributed by atoms with Crippen LogP contribution in [0.4, 0.5) is 0 Å². The lowest BCUT2D eigenvalue weighted by atomic mass is 10.00. The van der Waals surface area contributed by atoms with Gasteiger partial charge in [-0.1, -0.05) is 23.3 Å². The fourth-order valence-electron chi connectivity index (χ4n) is 1.73. The first kappa shape index (κ1) is 10.6. The summed E-state index contributed by atoms with van der Waals surface area (Å²) in [4.78, 5) is 0. The average molecular weight is 214 g/mol. The summed E-state index contributed by atoms with van der Waals surface area (Å²) in [5.74, 6) is 0.373. The van der Waals surface area contributed by atoms with Gasteiger partial charge in [-0.25, -0.2) is 0 Å². The van der Waals surface area contributed by atoms with Gasteiger partial charge in [0.15, 0.2) is 0 Å². The van der Waals surface area contributed by atoms with Crippen molar-refractivity contribution in [2.45, 2.75) is 13.8 Å². The molecule has 0 atom stereocenters. The van der Waals surface area contributed by atoms with Crippen LogP contribution < -0.4 is 0 Å². The summed E-state index contributed by atoms with van der Waals surface area (Å²) in [5, 5.41) is 19.6. The molecule has 0 fully saturated rings. The molecule has 0 spiro atoms. The number of aryl methyl sites for hydroxylation is 2. The van der Waals surface area contributed by atoms with E-state index < -0.39 is 0 Å². The molecule has 0 aliphatic heterocycles. The van der Waals surface area contributed by atoms with Crippen LogP contribution in [-0.4, -0.2) is 10.2 Å². The minimum Gasteiger partial charge on any atom is -0.507 e. The molecular weight excluding hydrogens is 200 g/mol. The number of phenols is 2. The maximum absolute atomic E-state index is 9.79. The zero-order valence-corrected chi connectivity index (χ0v) is 9.36. The van der Waals surface area contributed by atoms with Crippen LogP contribution in [0.5, 0.6) is 11.5 Å². The highest BCUT2D eigenvalue weighted by Crippen LogP contribution is 2.36. The molecular formula is C14H14O2. The average Bonchev–Trinajstić information content (AvgIpc) is 2.25. The number of hydrogen-bond donors (Lipinski definition) is 2. The molecule has 0 radical (unpaired) electrons. The lowest BCUT2D eigenvalue weighted by Gasteiger charge is -2.09. The molecule has 0 unspecified atom stereocenters. The zero-order chi connectivity index (χ0) is 11.7. The number of benzene rings is 2. The smallest absolute Gasteiger partial charge is 0.123 e. The molecule has 0 saturated heterocycles. The van der Waals surface area contributed by atoms with Gasteiger partial charge in [0.2, 0.25) is 0 Å². The van der Waals surface area contributed by atoms with E-state index in [1.807, 2.05) is 38.1 Å². The van der Waals surface area contributed by atoms with Crippen molar-refractivity contribution in [3.63, 3.8) is 0 Å². The first-order valence-electron chi connectivity index (χ1n) is 5.17. The minimum atomic E-state index is 0.187. The molecule has 2 nitrogen and oxygen atoms in total. The van der Waals surface area contributed by atoms with Crippen LogP contribution in [0.1, 0.15) is 11.1 Å². The summed E-state index contributed by atoms with van der Waals surface area (Å²) < 4.78 is 0. The summed E-state index contributed by atoms with van der Waals surface area (Å²) >= 11 is 0. The maximum Gasteiger partial charge on any atom is 0.123 e. The van der Waals surface area contributed by atoms with Crippen LogP contribution >= 0.6 is 0 Å². The normalized spacial score (nSPS) is 10.4. The molecule has 2 aromatic rings. The summed E-state index contributed by atoms with van der Waals surface area (Å²) in [7, 11) is 0. The van der Waals surface area contributed by atoms with Gasteiger partial charge < -0.3 is 10.2 Å². The molecule has 2 rings (SSSR count). The molecule has 16 heavy (non-hydrogen) atoms. The third kappa shape index (κ3) is 1.87. The lowest BCUT2D eigenvalue weighted by molar-refractivity contribution is 0.469. The highest BCUT2D eigenvalue weighted by molar-refractivity contribution is 5.76. The van der Waals surface area contributed by atoms with Gasteiger partial charge in [0.1, 0.15) is 11.5 Å². The largest absolute Gasteiger partial charge is 0.507 e. The van der Waals surface area contributed by atoms with Crippen molar-refractivity contribution in [1.82, 2.24) is 0 Å². The van der Waals surface area contributed by atoms with Crippen molar-refractivity contribution in [2.75, 3.05) is 0 Å². The third-order valence-electron chi connectivity index (χ3n) is 2.59. The van der Waals surface area contributed by atoms with E-state index in [1.165, 1.54) is 0 Å². The van der Waals surface area contributed by atoms with Gasteiger partial charge in [0.05, 0.1) is 0 Å². The fraction of sp³-hybridized carbons (Fsp3) is 0.143. The number of aromatic hydroxyl groups is 2. The molecule has 0 heterocycles. The van der Waals surface area contributed by atoms with Gasteiger partial charge >= 0.3 is 0 Å². The standard InChI is InChI=1S/C14H14O2/c1-9-3-5-13(15)11(7-9)12-8-10(2)4-6-14(12)16/h3-8,15-16H,1-2H3. The second kappa shape index (κ2) is 3.89. The zero-order valence-electron chi connectivity index (χ0n) is 9.36. The molecule has 2 aromatic carbocycles. The molecule has 0 aromatic heterocycles. The summed E-state index contributed by atoms with van der Waals surface area (Å²) in [5.41, 5.74) is 3.44. The molecule has 2 heteroatoms.